The van der Waals surface area contributed by atoms with Gasteiger partial charge >= 0.3 is 0 Å². The van der Waals surface area contributed by atoms with Crippen LogP contribution in [0.5, 0.6) is 0 Å². The predicted octanol–water partition coefficient (Wildman–Crippen LogP) is 2.99. The van der Waals surface area contributed by atoms with Gasteiger partial charge in [-0.25, -0.2) is 22.0 Å². The largest absolute Gasteiger partial charge is 0.496 e. The Balaban J connectivity index is 3.79. The highest BCUT2D eigenvalue weighted by Crippen LogP contribution is 2.39. The van der Waals surface area contributed by atoms with Crippen LogP contribution in [-0.2, 0) is 20.0 Å². The summed E-state index contributed by atoms with van der Waals surface area (Å²) >= 11 is 0. The molecule has 0 bridgehead atoms. The van der Waals surface area contributed by atoms with E-state index < -0.39 is 46.2 Å². The van der Waals surface area contributed by atoms with Crippen LogP contribution in [0.4, 0.5) is 22.0 Å². The second-order valence-corrected chi connectivity index (χ2v) is 3.60. The number of methoxy groups -OCH3 is 3. The molecule has 20 heavy (non-hydrogen) atoms. The second kappa shape index (κ2) is 5.76. The topological polar surface area (TPSA) is 27.7 Å². The summed E-state index contributed by atoms with van der Waals surface area (Å²) in [6.07, 6.45) is 0. The van der Waals surface area contributed by atoms with Crippen molar-refractivity contribution < 1.29 is 36.2 Å². The van der Waals surface area contributed by atoms with Crippen molar-refractivity contribution >= 4 is 0 Å². The Bertz CT molecular complexity index is 511. The van der Waals surface area contributed by atoms with Crippen LogP contribution in [0.1, 0.15) is 5.56 Å². The van der Waals surface area contributed by atoms with Crippen molar-refractivity contribution in [1.29, 1.82) is 0 Å². The quantitative estimate of drug-likeness (QED) is 0.275. The first kappa shape index (κ1) is 16.4. The maximum Gasteiger partial charge on any atom is 0.260 e. The number of hydrogen-bond acceptors (Lipinski definition) is 3. The third-order valence-corrected chi connectivity index (χ3v) is 2.73. The van der Waals surface area contributed by atoms with Crippen molar-refractivity contribution in [3.8, 4) is 0 Å². The molecule has 112 valence electrons. The molecule has 8 heteroatoms. The molecule has 0 aliphatic heterocycles. The summed E-state index contributed by atoms with van der Waals surface area (Å²) in [5, 5.41) is 0. The van der Waals surface area contributed by atoms with Gasteiger partial charge in [0.15, 0.2) is 29.0 Å². The van der Waals surface area contributed by atoms with Crippen molar-refractivity contribution in [2.75, 3.05) is 21.3 Å². The van der Waals surface area contributed by atoms with Gasteiger partial charge in [0.2, 0.25) is 5.82 Å². The van der Waals surface area contributed by atoms with Gasteiger partial charge in [0.05, 0.1) is 12.7 Å². The average molecular weight is 298 g/mol. The Hall–Kier alpha value is -1.67. The molecule has 1 aromatic rings. The van der Waals surface area contributed by atoms with E-state index in [1.165, 1.54) is 0 Å². The summed E-state index contributed by atoms with van der Waals surface area (Å²) in [6, 6.07) is 0. The molecule has 0 radical (unpaired) electrons. The molecule has 3 nitrogen and oxygen atoms in total. The van der Waals surface area contributed by atoms with Crippen LogP contribution in [0.2, 0.25) is 0 Å². The van der Waals surface area contributed by atoms with Gasteiger partial charge in [-0.3, -0.25) is 0 Å². The fraction of sp³-hybridized carbons (Fsp3) is 0.333. The fourth-order valence-corrected chi connectivity index (χ4v) is 1.68. The van der Waals surface area contributed by atoms with Crippen LogP contribution in [0.3, 0.4) is 0 Å². The minimum absolute atomic E-state index is 0.495. The number of hydrogen-bond donors (Lipinski definition) is 0. The standard InChI is InChI=1S/C12H11F5O3/c1-5(18-2)12(19-3,20-4)6-7(13)9(15)11(17)10(16)8(6)14/h1H2,2-4H3. The van der Waals surface area contributed by atoms with Crippen LogP contribution < -0.4 is 0 Å². The van der Waals surface area contributed by atoms with Crippen LogP contribution in [-0.4, -0.2) is 21.3 Å². The maximum absolute atomic E-state index is 13.8. The van der Waals surface area contributed by atoms with Gasteiger partial charge in [0, 0.05) is 14.2 Å². The van der Waals surface area contributed by atoms with E-state index in [4.69, 9.17) is 9.47 Å². The van der Waals surface area contributed by atoms with E-state index in [9.17, 15) is 22.0 Å². The van der Waals surface area contributed by atoms with Gasteiger partial charge in [-0.2, -0.15) is 0 Å². The molecule has 0 saturated carbocycles. The molecule has 0 amide bonds. The molecule has 0 heterocycles. The monoisotopic (exact) mass is 298 g/mol. The van der Waals surface area contributed by atoms with Crippen LogP contribution in [0, 0.1) is 29.1 Å². The summed E-state index contributed by atoms with van der Waals surface area (Å²) < 4.78 is 81.2. The van der Waals surface area contributed by atoms with Crippen molar-refractivity contribution in [2.45, 2.75) is 5.79 Å². The SMILES string of the molecule is C=C(OC)C(OC)(OC)c1c(F)c(F)c(F)c(F)c1F. The van der Waals surface area contributed by atoms with E-state index in [1.54, 1.807) is 0 Å². The molecule has 0 spiro atoms. The third kappa shape index (κ3) is 2.14. The highest BCUT2D eigenvalue weighted by Gasteiger charge is 2.45. The molecule has 1 rings (SSSR count). The lowest BCUT2D eigenvalue weighted by atomic mass is 10.0. The molecular formula is C12H11F5O3. The molecule has 0 aromatic heterocycles. The average Bonchev–Trinajstić information content (AvgIpc) is 2.47. The summed E-state index contributed by atoms with van der Waals surface area (Å²) in [6.45, 7) is 3.28. The Morgan fingerprint density at radius 3 is 1.45 bits per heavy atom. The lowest BCUT2D eigenvalue weighted by Gasteiger charge is -2.32. The molecule has 0 fully saturated rings. The minimum atomic E-state index is -2.47. The number of benzene rings is 1. The Labute approximate surface area is 111 Å². The molecule has 0 aliphatic rings. The molecule has 0 N–H and O–H groups in total. The number of ether oxygens (including phenoxy) is 3. The van der Waals surface area contributed by atoms with Crippen LogP contribution in [0.25, 0.3) is 0 Å². The molecule has 0 saturated heterocycles. The molecule has 0 atom stereocenters. The first-order valence-electron chi connectivity index (χ1n) is 5.14. The summed E-state index contributed by atoms with van der Waals surface area (Å²) in [5.41, 5.74) is -1.34. The van der Waals surface area contributed by atoms with E-state index >= 15 is 0 Å². The summed E-state index contributed by atoms with van der Waals surface area (Å²) in [7, 11) is 2.94. The molecule has 0 unspecified atom stereocenters. The molecular weight excluding hydrogens is 287 g/mol. The van der Waals surface area contributed by atoms with Crippen molar-refractivity contribution in [1.82, 2.24) is 0 Å². The lowest BCUT2D eigenvalue weighted by molar-refractivity contribution is -0.212. The van der Waals surface area contributed by atoms with E-state index in [0.717, 1.165) is 21.3 Å². The van der Waals surface area contributed by atoms with E-state index in [1.807, 2.05) is 0 Å². The van der Waals surface area contributed by atoms with Gasteiger partial charge in [0.1, 0.15) is 0 Å². The van der Waals surface area contributed by atoms with Crippen molar-refractivity contribution in [3.63, 3.8) is 0 Å². The second-order valence-electron chi connectivity index (χ2n) is 3.60. The van der Waals surface area contributed by atoms with Crippen molar-refractivity contribution in [3.05, 3.63) is 47.0 Å². The maximum atomic E-state index is 13.8. The van der Waals surface area contributed by atoms with E-state index in [0.29, 0.717) is 0 Å². The number of rotatable bonds is 5. The van der Waals surface area contributed by atoms with Gasteiger partial charge in [0.25, 0.3) is 5.79 Å². The highest BCUT2D eigenvalue weighted by molar-refractivity contribution is 5.32. The normalized spacial score (nSPS) is 11.6. The van der Waals surface area contributed by atoms with Gasteiger partial charge in [-0.05, 0) is 0 Å². The summed E-state index contributed by atoms with van der Waals surface area (Å²) in [4.78, 5) is 0. The summed E-state index contributed by atoms with van der Waals surface area (Å²) in [5.74, 6) is -13.7. The van der Waals surface area contributed by atoms with E-state index in [2.05, 4.69) is 11.3 Å². The Kier molecular flexibility index (Phi) is 4.72. The first-order valence-corrected chi connectivity index (χ1v) is 5.14. The van der Waals surface area contributed by atoms with Crippen molar-refractivity contribution in [2.24, 2.45) is 0 Å². The fourth-order valence-electron chi connectivity index (χ4n) is 1.68. The van der Waals surface area contributed by atoms with Crippen LogP contribution >= 0.6 is 0 Å². The molecule has 0 aliphatic carbocycles. The van der Waals surface area contributed by atoms with E-state index in [-0.39, 0.29) is 0 Å². The minimum Gasteiger partial charge on any atom is -0.496 e. The molecule has 1 aromatic carbocycles. The highest BCUT2D eigenvalue weighted by atomic mass is 19.2. The number of halogens is 5. The first-order chi connectivity index (χ1) is 9.28. The van der Waals surface area contributed by atoms with Gasteiger partial charge < -0.3 is 14.2 Å². The third-order valence-electron chi connectivity index (χ3n) is 2.73. The smallest absolute Gasteiger partial charge is 0.260 e. The zero-order chi connectivity index (χ0) is 15.7. The predicted molar refractivity (Wildman–Crippen MR) is 58.1 cm³/mol. The Morgan fingerprint density at radius 1 is 0.800 bits per heavy atom. The van der Waals surface area contributed by atoms with Gasteiger partial charge in [-0.15, -0.1) is 0 Å². The Morgan fingerprint density at radius 2 is 1.15 bits per heavy atom. The van der Waals surface area contributed by atoms with Gasteiger partial charge in [-0.1, -0.05) is 6.58 Å². The zero-order valence-corrected chi connectivity index (χ0v) is 10.8. The lowest BCUT2D eigenvalue weighted by Crippen LogP contribution is -2.36. The van der Waals surface area contributed by atoms with Crippen LogP contribution in [0.15, 0.2) is 12.3 Å². The zero-order valence-electron chi connectivity index (χ0n) is 10.8.